The third-order valence-corrected chi connectivity index (χ3v) is 3.86. The minimum absolute atomic E-state index is 0.0892. The summed E-state index contributed by atoms with van der Waals surface area (Å²) in [6, 6.07) is 3.29. The standard InChI is InChI=1S/C11H19NO2S/c1-11(2,3)9-5-4-8(15-9)10(14)7(12)6-13/h4-5,7,10,13-14H,6,12H2,1-3H3. The molecule has 2 atom stereocenters. The average molecular weight is 229 g/mol. The lowest BCUT2D eigenvalue weighted by molar-refractivity contribution is 0.112. The average Bonchev–Trinajstić information content (AvgIpc) is 2.63. The zero-order chi connectivity index (χ0) is 11.6. The normalized spacial score (nSPS) is 16.4. The zero-order valence-corrected chi connectivity index (χ0v) is 10.2. The molecule has 0 aliphatic heterocycles. The molecule has 0 amide bonds. The van der Waals surface area contributed by atoms with Crippen molar-refractivity contribution in [2.24, 2.45) is 5.73 Å². The van der Waals surface area contributed by atoms with Crippen LogP contribution in [0.4, 0.5) is 0 Å². The molecule has 0 aliphatic rings. The van der Waals surface area contributed by atoms with Gasteiger partial charge in [0.05, 0.1) is 12.6 Å². The molecule has 0 saturated carbocycles. The number of aliphatic hydroxyl groups is 2. The van der Waals surface area contributed by atoms with Crippen LogP contribution in [0.5, 0.6) is 0 Å². The highest BCUT2D eigenvalue weighted by molar-refractivity contribution is 7.12. The summed E-state index contributed by atoms with van der Waals surface area (Å²) >= 11 is 1.55. The van der Waals surface area contributed by atoms with Crippen LogP contribution < -0.4 is 5.73 Å². The molecular weight excluding hydrogens is 210 g/mol. The van der Waals surface area contributed by atoms with Crippen LogP contribution in [0.1, 0.15) is 36.6 Å². The maximum Gasteiger partial charge on any atom is 0.105 e. The van der Waals surface area contributed by atoms with Crippen molar-refractivity contribution in [2.45, 2.75) is 38.3 Å². The first-order valence-corrected chi connectivity index (χ1v) is 5.82. The Morgan fingerprint density at radius 3 is 2.40 bits per heavy atom. The minimum Gasteiger partial charge on any atom is -0.395 e. The molecule has 1 heterocycles. The Kier molecular flexibility index (Phi) is 3.89. The molecule has 0 saturated heterocycles. The van der Waals surface area contributed by atoms with Crippen molar-refractivity contribution in [3.05, 3.63) is 21.9 Å². The fraction of sp³-hybridized carbons (Fsp3) is 0.636. The van der Waals surface area contributed by atoms with Gasteiger partial charge < -0.3 is 15.9 Å². The van der Waals surface area contributed by atoms with Gasteiger partial charge in [0.25, 0.3) is 0 Å². The molecule has 0 aliphatic carbocycles. The van der Waals surface area contributed by atoms with Gasteiger partial charge in [-0.15, -0.1) is 11.3 Å². The Labute approximate surface area is 94.6 Å². The lowest BCUT2D eigenvalue weighted by Gasteiger charge is -2.17. The van der Waals surface area contributed by atoms with Crippen molar-refractivity contribution >= 4 is 11.3 Å². The van der Waals surface area contributed by atoms with Crippen molar-refractivity contribution in [1.29, 1.82) is 0 Å². The van der Waals surface area contributed by atoms with Crippen molar-refractivity contribution < 1.29 is 10.2 Å². The number of hydrogen-bond donors (Lipinski definition) is 3. The van der Waals surface area contributed by atoms with Gasteiger partial charge in [-0.1, -0.05) is 20.8 Å². The van der Waals surface area contributed by atoms with Gasteiger partial charge in [0.1, 0.15) is 6.10 Å². The maximum absolute atomic E-state index is 9.79. The second kappa shape index (κ2) is 4.61. The fourth-order valence-electron chi connectivity index (χ4n) is 1.23. The predicted molar refractivity (Wildman–Crippen MR) is 63.0 cm³/mol. The van der Waals surface area contributed by atoms with Crippen molar-refractivity contribution in [1.82, 2.24) is 0 Å². The quantitative estimate of drug-likeness (QED) is 0.734. The summed E-state index contributed by atoms with van der Waals surface area (Å²) in [4.78, 5) is 2.03. The highest BCUT2D eigenvalue weighted by Gasteiger charge is 2.21. The number of aliphatic hydroxyl groups excluding tert-OH is 2. The molecule has 1 aromatic heterocycles. The van der Waals surface area contributed by atoms with Gasteiger partial charge in [0, 0.05) is 9.75 Å². The maximum atomic E-state index is 9.79. The molecule has 0 fully saturated rings. The van der Waals surface area contributed by atoms with E-state index in [2.05, 4.69) is 20.8 Å². The van der Waals surface area contributed by atoms with E-state index in [4.69, 9.17) is 10.8 Å². The Balaban J connectivity index is 2.85. The summed E-state index contributed by atoms with van der Waals surface area (Å²) in [7, 11) is 0. The third kappa shape index (κ3) is 3.01. The third-order valence-electron chi connectivity index (χ3n) is 2.27. The fourth-order valence-corrected chi connectivity index (χ4v) is 2.35. The number of rotatable bonds is 3. The van der Waals surface area contributed by atoms with E-state index in [1.54, 1.807) is 11.3 Å². The van der Waals surface area contributed by atoms with Crippen LogP contribution in [0, 0.1) is 0 Å². The van der Waals surface area contributed by atoms with E-state index in [0.717, 1.165) is 4.88 Å². The van der Waals surface area contributed by atoms with E-state index in [1.165, 1.54) is 4.88 Å². The van der Waals surface area contributed by atoms with Crippen LogP contribution in [0.15, 0.2) is 12.1 Å². The van der Waals surface area contributed by atoms with Crippen molar-refractivity contribution in [3.8, 4) is 0 Å². The molecule has 15 heavy (non-hydrogen) atoms. The Hall–Kier alpha value is -0.420. The van der Waals surface area contributed by atoms with Crippen LogP contribution >= 0.6 is 11.3 Å². The summed E-state index contributed by atoms with van der Waals surface area (Å²) in [5.41, 5.74) is 5.66. The smallest absolute Gasteiger partial charge is 0.105 e. The summed E-state index contributed by atoms with van der Waals surface area (Å²) in [5, 5.41) is 18.6. The van der Waals surface area contributed by atoms with Gasteiger partial charge in [-0.05, 0) is 17.5 Å². The van der Waals surface area contributed by atoms with Gasteiger partial charge in [0.2, 0.25) is 0 Å². The molecular formula is C11H19NO2S. The summed E-state index contributed by atoms with van der Waals surface area (Å²) < 4.78 is 0. The lowest BCUT2D eigenvalue weighted by Crippen LogP contribution is -2.31. The molecule has 4 N–H and O–H groups in total. The highest BCUT2D eigenvalue weighted by Crippen LogP contribution is 2.32. The number of hydrogen-bond acceptors (Lipinski definition) is 4. The summed E-state index contributed by atoms with van der Waals surface area (Å²) in [6.45, 7) is 6.17. The molecule has 0 aromatic carbocycles. The van der Waals surface area contributed by atoms with E-state index in [0.29, 0.717) is 0 Å². The second-order valence-corrected chi connectivity index (χ2v) is 5.86. The molecule has 0 bridgehead atoms. The molecule has 1 rings (SSSR count). The molecule has 0 radical (unpaired) electrons. The van der Waals surface area contributed by atoms with Crippen LogP contribution in [0.2, 0.25) is 0 Å². The summed E-state index contributed by atoms with van der Waals surface area (Å²) in [5.74, 6) is 0. The first-order valence-electron chi connectivity index (χ1n) is 5.01. The monoisotopic (exact) mass is 229 g/mol. The Morgan fingerprint density at radius 1 is 1.40 bits per heavy atom. The van der Waals surface area contributed by atoms with E-state index in [1.807, 2.05) is 12.1 Å². The van der Waals surface area contributed by atoms with Crippen LogP contribution in [-0.4, -0.2) is 22.9 Å². The second-order valence-electron chi connectivity index (χ2n) is 4.74. The molecule has 1 aromatic rings. The van der Waals surface area contributed by atoms with E-state index in [-0.39, 0.29) is 12.0 Å². The van der Waals surface area contributed by atoms with Gasteiger partial charge in [-0.3, -0.25) is 0 Å². The van der Waals surface area contributed by atoms with Crippen LogP contribution in [0.25, 0.3) is 0 Å². The minimum atomic E-state index is -0.767. The van der Waals surface area contributed by atoms with E-state index >= 15 is 0 Å². The first-order chi connectivity index (χ1) is 6.86. The van der Waals surface area contributed by atoms with Crippen LogP contribution in [-0.2, 0) is 5.41 Å². The summed E-state index contributed by atoms with van der Waals surface area (Å²) in [6.07, 6.45) is -0.767. The van der Waals surface area contributed by atoms with Gasteiger partial charge in [0.15, 0.2) is 0 Å². The van der Waals surface area contributed by atoms with Gasteiger partial charge in [-0.25, -0.2) is 0 Å². The first kappa shape index (κ1) is 12.6. The SMILES string of the molecule is CC(C)(C)c1ccc(C(O)C(N)CO)s1. The Bertz CT molecular complexity index is 317. The Morgan fingerprint density at radius 2 is 2.00 bits per heavy atom. The van der Waals surface area contributed by atoms with Gasteiger partial charge >= 0.3 is 0 Å². The van der Waals surface area contributed by atoms with Crippen LogP contribution in [0.3, 0.4) is 0 Å². The van der Waals surface area contributed by atoms with Gasteiger partial charge in [-0.2, -0.15) is 0 Å². The largest absolute Gasteiger partial charge is 0.395 e. The van der Waals surface area contributed by atoms with Crippen molar-refractivity contribution in [2.75, 3.05) is 6.61 Å². The zero-order valence-electron chi connectivity index (χ0n) is 9.40. The molecule has 0 spiro atoms. The highest BCUT2D eigenvalue weighted by atomic mass is 32.1. The predicted octanol–water partition coefficient (Wildman–Crippen LogP) is 1.40. The number of thiophene rings is 1. The molecule has 86 valence electrons. The number of nitrogens with two attached hydrogens (primary N) is 1. The molecule has 4 heteroatoms. The molecule has 2 unspecified atom stereocenters. The van der Waals surface area contributed by atoms with Crippen molar-refractivity contribution in [3.63, 3.8) is 0 Å². The molecule has 3 nitrogen and oxygen atoms in total. The topological polar surface area (TPSA) is 66.5 Å². The van der Waals surface area contributed by atoms with E-state index in [9.17, 15) is 5.11 Å². The van der Waals surface area contributed by atoms with E-state index < -0.39 is 12.1 Å². The lowest BCUT2D eigenvalue weighted by atomic mass is 9.95.